The van der Waals surface area contributed by atoms with Crippen molar-refractivity contribution in [1.82, 2.24) is 9.71 Å². The van der Waals surface area contributed by atoms with Crippen LogP contribution in [0.25, 0.3) is 0 Å². The standard InChI is InChI=1S/C21H18F2N4O3S/c1-12(14-6-2-3-7-15(14)22)19-16(23)9-10-17-20(19)26-21(27-31(17,29)30)24-11-13-5-4-8-18(28)25-13/h2-10,12H,11H2,1H3,(H,25,28)(H2,24,26,27)/t12-/m1/s1. The van der Waals surface area contributed by atoms with Crippen LogP contribution in [0.5, 0.6) is 0 Å². The number of pyridine rings is 1. The summed E-state index contributed by atoms with van der Waals surface area (Å²) in [6, 6.07) is 12.6. The molecule has 10 heteroatoms. The molecule has 0 unspecified atom stereocenters. The molecule has 1 aromatic heterocycles. The van der Waals surface area contributed by atoms with E-state index in [2.05, 4.69) is 20.0 Å². The Morgan fingerprint density at radius 2 is 1.77 bits per heavy atom. The van der Waals surface area contributed by atoms with Gasteiger partial charge in [0, 0.05) is 23.2 Å². The van der Waals surface area contributed by atoms with Gasteiger partial charge in [0.2, 0.25) is 11.5 Å². The van der Waals surface area contributed by atoms with E-state index in [4.69, 9.17) is 0 Å². The van der Waals surface area contributed by atoms with Crippen LogP contribution in [-0.4, -0.2) is 19.4 Å². The molecular weight excluding hydrogens is 426 g/mol. The Labute approximate surface area is 176 Å². The molecule has 0 amide bonds. The summed E-state index contributed by atoms with van der Waals surface area (Å²) in [4.78, 5) is 18.0. The first-order chi connectivity index (χ1) is 14.8. The van der Waals surface area contributed by atoms with Gasteiger partial charge in [0.15, 0.2) is 0 Å². The number of guanidine groups is 1. The second kappa shape index (κ2) is 7.95. The van der Waals surface area contributed by atoms with Crippen molar-refractivity contribution in [3.8, 4) is 0 Å². The molecule has 0 spiro atoms. The molecule has 3 aromatic rings. The van der Waals surface area contributed by atoms with Gasteiger partial charge in [-0.2, -0.15) is 0 Å². The van der Waals surface area contributed by atoms with E-state index in [-0.39, 0.29) is 39.8 Å². The van der Waals surface area contributed by atoms with Crippen molar-refractivity contribution in [3.05, 3.63) is 93.4 Å². The fourth-order valence-corrected chi connectivity index (χ4v) is 4.64. The Kier molecular flexibility index (Phi) is 5.32. The lowest BCUT2D eigenvalue weighted by atomic mass is 9.91. The lowest BCUT2D eigenvalue weighted by molar-refractivity contribution is 0.577. The number of hydrogen-bond acceptors (Lipinski definition) is 4. The Morgan fingerprint density at radius 1 is 1.00 bits per heavy atom. The van der Waals surface area contributed by atoms with Crippen LogP contribution in [0.1, 0.15) is 29.7 Å². The number of nitrogens with one attached hydrogen (secondary N) is 3. The maximum absolute atomic E-state index is 14.9. The SMILES string of the molecule is C[C@H](c1ccccc1F)c1c(F)ccc2c1NC(=NCc1cccc(=O)[nH]1)NS2(=O)=O. The van der Waals surface area contributed by atoms with Gasteiger partial charge in [-0.1, -0.05) is 31.2 Å². The van der Waals surface area contributed by atoms with Gasteiger partial charge in [0.25, 0.3) is 10.0 Å². The summed E-state index contributed by atoms with van der Waals surface area (Å²) in [5, 5.41) is 2.82. The third-order valence-electron chi connectivity index (χ3n) is 4.96. The summed E-state index contributed by atoms with van der Waals surface area (Å²) in [6.07, 6.45) is 0. The summed E-state index contributed by atoms with van der Waals surface area (Å²) in [5.74, 6) is -2.11. The summed E-state index contributed by atoms with van der Waals surface area (Å²) >= 11 is 0. The van der Waals surface area contributed by atoms with Crippen molar-refractivity contribution < 1.29 is 17.2 Å². The molecule has 7 nitrogen and oxygen atoms in total. The number of nitrogens with zero attached hydrogens (tertiary/aromatic N) is 1. The van der Waals surface area contributed by atoms with Gasteiger partial charge in [-0.25, -0.2) is 26.9 Å². The van der Waals surface area contributed by atoms with E-state index in [1.54, 1.807) is 25.1 Å². The molecule has 1 aliphatic rings. The van der Waals surface area contributed by atoms with Gasteiger partial charge in [0.05, 0.1) is 12.2 Å². The molecule has 4 rings (SSSR count). The van der Waals surface area contributed by atoms with Gasteiger partial charge in [-0.05, 0) is 29.8 Å². The van der Waals surface area contributed by atoms with Crippen molar-refractivity contribution in [2.24, 2.45) is 4.99 Å². The maximum atomic E-state index is 14.9. The molecule has 0 fully saturated rings. The molecule has 0 saturated heterocycles. The predicted molar refractivity (Wildman–Crippen MR) is 112 cm³/mol. The second-order valence-corrected chi connectivity index (χ2v) is 8.66. The van der Waals surface area contributed by atoms with Crippen LogP contribution < -0.4 is 15.6 Å². The smallest absolute Gasteiger partial charge is 0.266 e. The first-order valence-electron chi connectivity index (χ1n) is 9.35. The van der Waals surface area contributed by atoms with Gasteiger partial charge >= 0.3 is 0 Å². The zero-order chi connectivity index (χ0) is 22.2. The molecule has 2 heterocycles. The maximum Gasteiger partial charge on any atom is 0.266 e. The van der Waals surface area contributed by atoms with E-state index < -0.39 is 27.6 Å². The highest BCUT2D eigenvalue weighted by Gasteiger charge is 2.32. The molecule has 0 aliphatic carbocycles. The minimum Gasteiger partial charge on any atom is -0.324 e. The highest BCUT2D eigenvalue weighted by atomic mass is 32.2. The van der Waals surface area contributed by atoms with Gasteiger partial charge < -0.3 is 10.3 Å². The number of aliphatic imine (C=N–C) groups is 1. The number of rotatable bonds is 4. The zero-order valence-electron chi connectivity index (χ0n) is 16.3. The minimum absolute atomic E-state index is 0.00481. The van der Waals surface area contributed by atoms with E-state index in [1.807, 2.05) is 0 Å². The largest absolute Gasteiger partial charge is 0.324 e. The minimum atomic E-state index is -4.04. The molecule has 3 N–H and O–H groups in total. The van der Waals surface area contributed by atoms with Gasteiger partial charge in [0.1, 0.15) is 16.5 Å². The summed E-state index contributed by atoms with van der Waals surface area (Å²) in [5.41, 5.74) is 0.380. The van der Waals surface area contributed by atoms with E-state index in [0.717, 1.165) is 12.1 Å². The number of sulfonamides is 1. The van der Waals surface area contributed by atoms with Crippen molar-refractivity contribution in [2.75, 3.05) is 5.32 Å². The lowest BCUT2D eigenvalue weighted by Gasteiger charge is -2.26. The van der Waals surface area contributed by atoms with E-state index in [1.165, 1.54) is 24.3 Å². The number of fused-ring (bicyclic) bond motifs is 1. The van der Waals surface area contributed by atoms with E-state index in [9.17, 15) is 22.0 Å². The molecule has 1 aliphatic heterocycles. The molecule has 31 heavy (non-hydrogen) atoms. The van der Waals surface area contributed by atoms with Crippen molar-refractivity contribution in [3.63, 3.8) is 0 Å². The number of halogens is 2. The van der Waals surface area contributed by atoms with Gasteiger partial charge in [-0.3, -0.25) is 4.79 Å². The first-order valence-corrected chi connectivity index (χ1v) is 10.8. The number of hydrogen-bond donors (Lipinski definition) is 3. The highest BCUT2D eigenvalue weighted by molar-refractivity contribution is 7.90. The quantitative estimate of drug-likeness (QED) is 0.575. The topological polar surface area (TPSA) is 103 Å². The normalized spacial score (nSPS) is 16.8. The highest BCUT2D eigenvalue weighted by Crippen LogP contribution is 2.38. The fourth-order valence-electron chi connectivity index (χ4n) is 3.48. The monoisotopic (exact) mass is 444 g/mol. The lowest BCUT2D eigenvalue weighted by Crippen LogP contribution is -2.41. The van der Waals surface area contributed by atoms with Crippen molar-refractivity contribution >= 4 is 21.7 Å². The second-order valence-electron chi connectivity index (χ2n) is 7.01. The number of aromatic nitrogens is 1. The molecule has 2 aromatic carbocycles. The van der Waals surface area contributed by atoms with Crippen molar-refractivity contribution in [1.29, 1.82) is 0 Å². The van der Waals surface area contributed by atoms with Crippen LogP contribution in [0.2, 0.25) is 0 Å². The third-order valence-corrected chi connectivity index (χ3v) is 6.34. The average Bonchev–Trinajstić information content (AvgIpc) is 2.71. The number of H-pyrrole nitrogens is 1. The van der Waals surface area contributed by atoms with Crippen LogP contribution in [0.4, 0.5) is 14.5 Å². The molecule has 0 radical (unpaired) electrons. The zero-order valence-corrected chi connectivity index (χ0v) is 17.1. The Hall–Kier alpha value is -3.53. The van der Waals surface area contributed by atoms with Crippen LogP contribution in [0, 0.1) is 11.6 Å². The number of benzene rings is 2. The Balaban J connectivity index is 1.78. The summed E-state index contributed by atoms with van der Waals surface area (Å²) < 4.78 is 57.0. The molecular formula is C21H18F2N4O3S. The van der Waals surface area contributed by atoms with Crippen LogP contribution in [-0.2, 0) is 16.6 Å². The molecule has 0 saturated carbocycles. The first kappa shape index (κ1) is 20.7. The molecule has 0 bridgehead atoms. The molecule has 160 valence electrons. The van der Waals surface area contributed by atoms with Crippen LogP contribution in [0.3, 0.4) is 0 Å². The Bertz CT molecular complexity index is 1350. The predicted octanol–water partition coefficient (Wildman–Crippen LogP) is 3.06. The van der Waals surface area contributed by atoms with Crippen LogP contribution >= 0.6 is 0 Å². The van der Waals surface area contributed by atoms with Gasteiger partial charge in [-0.15, -0.1) is 0 Å². The van der Waals surface area contributed by atoms with Crippen molar-refractivity contribution in [2.45, 2.75) is 24.3 Å². The number of aromatic amines is 1. The average molecular weight is 444 g/mol. The number of anilines is 1. The summed E-state index contributed by atoms with van der Waals surface area (Å²) in [6.45, 7) is 1.57. The third kappa shape index (κ3) is 4.06. The van der Waals surface area contributed by atoms with E-state index >= 15 is 0 Å². The molecule has 1 atom stereocenters. The fraction of sp³-hybridized carbons (Fsp3) is 0.143. The van der Waals surface area contributed by atoms with E-state index in [0.29, 0.717) is 5.69 Å². The Morgan fingerprint density at radius 3 is 2.52 bits per heavy atom. The van der Waals surface area contributed by atoms with Crippen LogP contribution in [0.15, 0.2) is 69.3 Å². The summed E-state index contributed by atoms with van der Waals surface area (Å²) in [7, 11) is -4.04.